The van der Waals surface area contributed by atoms with Gasteiger partial charge in [-0.15, -0.1) is 0 Å². The van der Waals surface area contributed by atoms with Crippen molar-refractivity contribution in [1.82, 2.24) is 5.32 Å². The smallest absolute Gasteiger partial charge is 0.390 e. The molecule has 1 rings (SSSR count). The van der Waals surface area contributed by atoms with Crippen molar-refractivity contribution in [2.45, 2.75) is 31.7 Å². The Balaban J connectivity index is 2.97. The predicted octanol–water partition coefficient (Wildman–Crippen LogP) is 2.02. The molecule has 2 unspecified atom stereocenters. The van der Waals surface area contributed by atoms with E-state index in [9.17, 15) is 23.4 Å². The van der Waals surface area contributed by atoms with Gasteiger partial charge >= 0.3 is 6.18 Å². The van der Waals surface area contributed by atoms with Crippen molar-refractivity contribution >= 4 is 0 Å². The van der Waals surface area contributed by atoms with Crippen LogP contribution in [0.2, 0.25) is 0 Å². The normalized spacial score (nSPS) is 15.3. The van der Waals surface area contributed by atoms with Crippen molar-refractivity contribution in [1.29, 1.82) is 0 Å². The van der Waals surface area contributed by atoms with Crippen LogP contribution in [0, 0.1) is 6.92 Å². The van der Waals surface area contributed by atoms with Gasteiger partial charge in [-0.2, -0.15) is 13.2 Å². The van der Waals surface area contributed by atoms with Crippen LogP contribution in [0.15, 0.2) is 18.2 Å². The summed E-state index contributed by atoms with van der Waals surface area (Å²) in [4.78, 5) is 0. The average Bonchev–Trinajstić information content (AvgIpc) is 2.33. The monoisotopic (exact) mass is 277 g/mol. The topological polar surface area (TPSA) is 52.5 Å². The number of aliphatic hydroxyl groups is 2. The summed E-state index contributed by atoms with van der Waals surface area (Å²) < 4.78 is 38.0. The molecule has 0 heterocycles. The lowest BCUT2D eigenvalue weighted by molar-refractivity contribution is -0.137. The maximum atomic E-state index is 12.7. The fourth-order valence-electron chi connectivity index (χ4n) is 1.82. The first-order chi connectivity index (χ1) is 8.75. The third kappa shape index (κ3) is 4.49. The number of hydrogen-bond donors (Lipinski definition) is 3. The molecule has 3 N–H and O–H groups in total. The molecule has 0 fully saturated rings. The number of aryl methyl sites for hydroxylation is 1. The predicted molar refractivity (Wildman–Crippen MR) is 65.7 cm³/mol. The van der Waals surface area contributed by atoms with Crippen molar-refractivity contribution in [3.05, 3.63) is 34.9 Å². The minimum absolute atomic E-state index is 0.0796. The number of alkyl halides is 3. The summed E-state index contributed by atoms with van der Waals surface area (Å²) in [5.74, 6) is 0. The van der Waals surface area contributed by atoms with E-state index in [1.54, 1.807) is 7.05 Å². The highest BCUT2D eigenvalue weighted by atomic mass is 19.4. The van der Waals surface area contributed by atoms with Crippen LogP contribution in [-0.2, 0) is 6.18 Å². The number of aliphatic hydroxyl groups excluding tert-OH is 2. The van der Waals surface area contributed by atoms with Gasteiger partial charge in [0.1, 0.15) is 6.10 Å². The summed E-state index contributed by atoms with van der Waals surface area (Å²) in [5.41, 5.74) is -0.344. The maximum absolute atomic E-state index is 12.7. The van der Waals surface area contributed by atoms with E-state index in [0.29, 0.717) is 12.1 Å². The van der Waals surface area contributed by atoms with E-state index >= 15 is 0 Å². The zero-order chi connectivity index (χ0) is 14.6. The molecule has 19 heavy (non-hydrogen) atoms. The summed E-state index contributed by atoms with van der Waals surface area (Å²) in [6, 6.07) is 3.33. The largest absolute Gasteiger partial charge is 0.416 e. The third-order valence-electron chi connectivity index (χ3n) is 2.82. The van der Waals surface area contributed by atoms with Gasteiger partial charge in [0.2, 0.25) is 0 Å². The minimum Gasteiger partial charge on any atom is -0.390 e. The second-order valence-electron chi connectivity index (χ2n) is 4.53. The number of nitrogens with one attached hydrogen (secondary N) is 1. The van der Waals surface area contributed by atoms with Crippen molar-refractivity contribution in [2.75, 3.05) is 13.6 Å². The lowest BCUT2D eigenvalue weighted by Gasteiger charge is -2.20. The quantitative estimate of drug-likeness (QED) is 0.772. The Hall–Kier alpha value is -1.11. The molecule has 108 valence electrons. The Morgan fingerprint density at radius 3 is 2.37 bits per heavy atom. The summed E-state index contributed by atoms with van der Waals surface area (Å²) >= 11 is 0. The van der Waals surface area contributed by atoms with Crippen LogP contribution >= 0.6 is 0 Å². The van der Waals surface area contributed by atoms with E-state index in [-0.39, 0.29) is 12.0 Å². The summed E-state index contributed by atoms with van der Waals surface area (Å²) in [6.07, 6.45) is -6.63. The third-order valence-corrected chi connectivity index (χ3v) is 2.82. The first-order valence-corrected chi connectivity index (χ1v) is 5.95. The van der Waals surface area contributed by atoms with Crippen LogP contribution in [0.1, 0.15) is 29.2 Å². The molecular weight excluding hydrogens is 259 g/mol. The van der Waals surface area contributed by atoms with E-state index in [4.69, 9.17) is 0 Å². The molecule has 0 radical (unpaired) electrons. The van der Waals surface area contributed by atoms with Crippen LogP contribution in [0.4, 0.5) is 13.2 Å². The second kappa shape index (κ2) is 6.36. The van der Waals surface area contributed by atoms with Crippen molar-refractivity contribution < 1.29 is 23.4 Å². The van der Waals surface area contributed by atoms with Gasteiger partial charge < -0.3 is 15.5 Å². The van der Waals surface area contributed by atoms with Crippen LogP contribution in [-0.4, -0.2) is 29.9 Å². The Bertz CT molecular complexity index is 421. The maximum Gasteiger partial charge on any atom is 0.416 e. The molecule has 0 aliphatic rings. The van der Waals surface area contributed by atoms with Crippen LogP contribution in [0.3, 0.4) is 0 Å². The van der Waals surface area contributed by atoms with Crippen molar-refractivity contribution in [3.8, 4) is 0 Å². The van der Waals surface area contributed by atoms with Gasteiger partial charge in [-0.3, -0.25) is 0 Å². The molecule has 0 saturated heterocycles. The van der Waals surface area contributed by atoms with Crippen molar-refractivity contribution in [3.63, 3.8) is 0 Å². The molecule has 2 atom stereocenters. The summed E-state index contributed by atoms with van der Waals surface area (Å²) in [7, 11) is 1.69. The second-order valence-corrected chi connectivity index (χ2v) is 4.53. The first-order valence-electron chi connectivity index (χ1n) is 5.95. The molecule has 1 aromatic carbocycles. The Kier molecular flexibility index (Phi) is 5.34. The lowest BCUT2D eigenvalue weighted by atomic mass is 9.97. The van der Waals surface area contributed by atoms with Crippen molar-refractivity contribution in [2.24, 2.45) is 0 Å². The molecule has 0 spiro atoms. The number of benzene rings is 1. The average molecular weight is 277 g/mol. The molecule has 1 aromatic rings. The Morgan fingerprint density at radius 2 is 1.84 bits per heavy atom. The van der Waals surface area contributed by atoms with Gasteiger partial charge in [0.15, 0.2) is 0 Å². The lowest BCUT2D eigenvalue weighted by Crippen LogP contribution is -2.23. The van der Waals surface area contributed by atoms with Gasteiger partial charge in [0, 0.05) is 0 Å². The molecule has 0 bridgehead atoms. The van der Waals surface area contributed by atoms with Crippen LogP contribution < -0.4 is 5.32 Å². The van der Waals surface area contributed by atoms with Crippen LogP contribution in [0.25, 0.3) is 0 Å². The van der Waals surface area contributed by atoms with Crippen LogP contribution in [0.5, 0.6) is 0 Å². The minimum atomic E-state index is -4.46. The standard InChI is InChI=1S/C13H18F3NO2/c1-8-5-9(7-10(6-8)13(14,15)16)12(19)11(18)3-4-17-2/h5-7,11-12,17-19H,3-4H2,1-2H3. The fourth-order valence-corrected chi connectivity index (χ4v) is 1.82. The Morgan fingerprint density at radius 1 is 1.21 bits per heavy atom. The zero-order valence-electron chi connectivity index (χ0n) is 10.8. The Labute approximate surface area is 110 Å². The van der Waals surface area contributed by atoms with E-state index in [0.717, 1.165) is 12.1 Å². The number of hydrogen-bond acceptors (Lipinski definition) is 3. The van der Waals surface area contributed by atoms with E-state index in [1.165, 1.54) is 13.0 Å². The number of rotatable bonds is 5. The van der Waals surface area contributed by atoms with E-state index < -0.39 is 23.9 Å². The molecule has 6 heteroatoms. The molecule has 0 saturated carbocycles. The molecule has 0 amide bonds. The molecule has 0 aromatic heterocycles. The number of halogens is 3. The molecule has 0 aliphatic carbocycles. The highest BCUT2D eigenvalue weighted by molar-refractivity contribution is 5.32. The van der Waals surface area contributed by atoms with Gasteiger partial charge in [0.05, 0.1) is 11.7 Å². The van der Waals surface area contributed by atoms with Gasteiger partial charge in [-0.05, 0) is 44.6 Å². The molecule has 3 nitrogen and oxygen atoms in total. The van der Waals surface area contributed by atoms with E-state index in [1.807, 2.05) is 0 Å². The van der Waals surface area contributed by atoms with Gasteiger partial charge in [-0.25, -0.2) is 0 Å². The first kappa shape index (κ1) is 15.9. The van der Waals surface area contributed by atoms with Gasteiger partial charge in [-0.1, -0.05) is 11.6 Å². The highest BCUT2D eigenvalue weighted by Crippen LogP contribution is 2.32. The molecule has 0 aliphatic heterocycles. The van der Waals surface area contributed by atoms with E-state index in [2.05, 4.69) is 5.32 Å². The van der Waals surface area contributed by atoms with Gasteiger partial charge in [0.25, 0.3) is 0 Å². The highest BCUT2D eigenvalue weighted by Gasteiger charge is 2.32. The SMILES string of the molecule is CNCCC(O)C(O)c1cc(C)cc(C(F)(F)F)c1. The summed E-state index contributed by atoms with van der Waals surface area (Å²) in [5, 5.41) is 22.4. The summed E-state index contributed by atoms with van der Waals surface area (Å²) in [6.45, 7) is 1.99. The molecular formula is C13H18F3NO2. The fraction of sp³-hybridized carbons (Fsp3) is 0.538. The zero-order valence-corrected chi connectivity index (χ0v) is 10.8.